The van der Waals surface area contributed by atoms with E-state index in [1.165, 1.54) is 0 Å². The van der Waals surface area contributed by atoms with Crippen LogP contribution in [0.15, 0.2) is 10.7 Å². The highest BCUT2D eigenvalue weighted by atomic mass is 79.9. The van der Waals surface area contributed by atoms with E-state index in [-0.39, 0.29) is 0 Å². The molecular formula is C12H22BrN5. The van der Waals surface area contributed by atoms with Crippen molar-refractivity contribution in [3.63, 3.8) is 0 Å². The van der Waals surface area contributed by atoms with Crippen molar-refractivity contribution in [3.05, 3.63) is 10.7 Å². The number of nitrogens with one attached hydrogen (secondary N) is 1. The maximum atomic E-state index is 4.50. The lowest BCUT2D eigenvalue weighted by molar-refractivity contribution is 0.400. The summed E-state index contributed by atoms with van der Waals surface area (Å²) in [6.07, 6.45) is 2.91. The molecule has 0 radical (unpaired) electrons. The van der Waals surface area contributed by atoms with Crippen LogP contribution in [-0.2, 0) is 0 Å². The Kier molecular flexibility index (Phi) is 6.35. The minimum Gasteiger partial charge on any atom is -0.357 e. The molecule has 0 saturated heterocycles. The first kappa shape index (κ1) is 15.2. The molecule has 0 aliphatic rings. The van der Waals surface area contributed by atoms with Crippen LogP contribution in [0.25, 0.3) is 0 Å². The van der Waals surface area contributed by atoms with E-state index in [1.807, 2.05) is 7.05 Å². The maximum Gasteiger partial charge on any atom is 0.224 e. The average Bonchev–Trinajstić information content (AvgIpc) is 2.35. The van der Waals surface area contributed by atoms with Crippen LogP contribution in [0.5, 0.6) is 0 Å². The lowest BCUT2D eigenvalue weighted by Gasteiger charge is -2.24. The van der Waals surface area contributed by atoms with Crippen molar-refractivity contribution in [1.82, 2.24) is 14.9 Å². The van der Waals surface area contributed by atoms with Gasteiger partial charge in [0.25, 0.3) is 0 Å². The summed E-state index contributed by atoms with van der Waals surface area (Å²) in [4.78, 5) is 13.1. The van der Waals surface area contributed by atoms with Gasteiger partial charge in [0.15, 0.2) is 0 Å². The number of nitrogens with zero attached hydrogens (tertiary/aromatic N) is 4. The number of rotatable bonds is 7. The van der Waals surface area contributed by atoms with Crippen molar-refractivity contribution >= 4 is 27.7 Å². The molecule has 0 bridgehead atoms. The van der Waals surface area contributed by atoms with E-state index in [1.54, 1.807) is 6.20 Å². The van der Waals surface area contributed by atoms with Crippen molar-refractivity contribution < 1.29 is 0 Å². The first-order chi connectivity index (χ1) is 8.58. The van der Waals surface area contributed by atoms with Gasteiger partial charge in [-0.15, -0.1) is 0 Å². The molecule has 0 aliphatic heterocycles. The van der Waals surface area contributed by atoms with Gasteiger partial charge in [-0.1, -0.05) is 0 Å². The fourth-order valence-electron chi connectivity index (χ4n) is 1.69. The zero-order chi connectivity index (χ0) is 13.5. The third-order valence-corrected chi connectivity index (χ3v) is 3.22. The summed E-state index contributed by atoms with van der Waals surface area (Å²) in [5, 5.41) is 2.97. The maximum absolute atomic E-state index is 4.50. The monoisotopic (exact) mass is 315 g/mol. The molecular weight excluding hydrogens is 294 g/mol. The summed E-state index contributed by atoms with van der Waals surface area (Å²) in [7, 11) is 6.02. The van der Waals surface area contributed by atoms with E-state index in [0.29, 0.717) is 5.95 Å². The van der Waals surface area contributed by atoms with Gasteiger partial charge in [-0.2, -0.15) is 4.98 Å². The minimum absolute atomic E-state index is 0.652. The van der Waals surface area contributed by atoms with Crippen molar-refractivity contribution in [1.29, 1.82) is 0 Å². The molecule has 0 amide bonds. The molecule has 5 nitrogen and oxygen atoms in total. The molecule has 6 heteroatoms. The van der Waals surface area contributed by atoms with Crippen LogP contribution in [0.3, 0.4) is 0 Å². The van der Waals surface area contributed by atoms with Gasteiger partial charge >= 0.3 is 0 Å². The minimum atomic E-state index is 0.652. The molecule has 0 atom stereocenters. The molecule has 0 unspecified atom stereocenters. The summed E-state index contributed by atoms with van der Waals surface area (Å²) in [6.45, 7) is 5.15. The van der Waals surface area contributed by atoms with Gasteiger partial charge in [0, 0.05) is 26.3 Å². The predicted octanol–water partition coefficient (Wildman–Crippen LogP) is 2.06. The Balaban J connectivity index is 2.74. The van der Waals surface area contributed by atoms with E-state index < -0.39 is 0 Å². The van der Waals surface area contributed by atoms with Gasteiger partial charge in [0.1, 0.15) is 5.82 Å². The highest BCUT2D eigenvalue weighted by Gasteiger charge is 2.11. The molecule has 0 fully saturated rings. The molecule has 1 aromatic rings. The fourth-order valence-corrected chi connectivity index (χ4v) is 2.13. The first-order valence-electron chi connectivity index (χ1n) is 6.18. The van der Waals surface area contributed by atoms with Gasteiger partial charge in [0.2, 0.25) is 5.95 Å². The number of aromatic nitrogens is 2. The molecule has 1 aromatic heterocycles. The van der Waals surface area contributed by atoms with E-state index in [2.05, 4.69) is 62.0 Å². The van der Waals surface area contributed by atoms with Crippen molar-refractivity contribution in [2.45, 2.75) is 13.3 Å². The van der Waals surface area contributed by atoms with E-state index in [0.717, 1.165) is 36.3 Å². The Morgan fingerprint density at radius 2 is 2.06 bits per heavy atom. The highest BCUT2D eigenvalue weighted by Crippen LogP contribution is 2.24. The van der Waals surface area contributed by atoms with Crippen molar-refractivity contribution in [3.8, 4) is 0 Å². The average molecular weight is 316 g/mol. The summed E-state index contributed by atoms with van der Waals surface area (Å²) < 4.78 is 0.938. The zero-order valence-corrected chi connectivity index (χ0v) is 13.2. The quantitative estimate of drug-likeness (QED) is 0.834. The molecule has 1 rings (SSSR count). The SMILES string of the molecule is CCN(CCCN(C)C)c1nc(NC)ncc1Br. The van der Waals surface area contributed by atoms with Crippen LogP contribution < -0.4 is 10.2 Å². The van der Waals surface area contributed by atoms with Crippen molar-refractivity contribution in [2.24, 2.45) is 0 Å². The molecule has 0 aliphatic carbocycles. The van der Waals surface area contributed by atoms with Crippen LogP contribution in [-0.4, -0.2) is 55.6 Å². The summed E-state index contributed by atoms with van der Waals surface area (Å²) in [5.74, 6) is 1.61. The van der Waals surface area contributed by atoms with Crippen LogP contribution in [0.2, 0.25) is 0 Å². The Bertz CT molecular complexity index is 369. The smallest absolute Gasteiger partial charge is 0.224 e. The standard InChI is InChI=1S/C12H22BrN5/c1-5-18(8-6-7-17(3)4)11-10(13)9-15-12(14-2)16-11/h9H,5-8H2,1-4H3,(H,14,15,16). The van der Waals surface area contributed by atoms with E-state index in [9.17, 15) is 0 Å². The van der Waals surface area contributed by atoms with Crippen LogP contribution in [0.1, 0.15) is 13.3 Å². The van der Waals surface area contributed by atoms with Crippen LogP contribution >= 0.6 is 15.9 Å². The normalized spacial score (nSPS) is 10.8. The largest absolute Gasteiger partial charge is 0.357 e. The number of halogens is 1. The highest BCUT2D eigenvalue weighted by molar-refractivity contribution is 9.10. The summed E-state index contributed by atoms with van der Waals surface area (Å²) in [6, 6.07) is 0. The molecule has 102 valence electrons. The molecule has 1 N–H and O–H groups in total. The van der Waals surface area contributed by atoms with Gasteiger partial charge < -0.3 is 15.1 Å². The first-order valence-corrected chi connectivity index (χ1v) is 6.97. The van der Waals surface area contributed by atoms with Crippen LogP contribution in [0, 0.1) is 0 Å². The Hall–Kier alpha value is -0.880. The molecule has 0 saturated carbocycles. The summed E-state index contributed by atoms with van der Waals surface area (Å²) >= 11 is 3.52. The molecule has 18 heavy (non-hydrogen) atoms. The Morgan fingerprint density at radius 1 is 1.33 bits per heavy atom. The van der Waals surface area contributed by atoms with Crippen LogP contribution in [0.4, 0.5) is 11.8 Å². The number of hydrogen-bond donors (Lipinski definition) is 1. The third-order valence-electron chi connectivity index (χ3n) is 2.66. The van der Waals surface area contributed by atoms with Gasteiger partial charge in [-0.3, -0.25) is 0 Å². The second kappa shape index (κ2) is 7.53. The van der Waals surface area contributed by atoms with E-state index >= 15 is 0 Å². The summed E-state index contributed by atoms with van der Waals surface area (Å²) in [5.41, 5.74) is 0. The molecule has 0 spiro atoms. The van der Waals surface area contributed by atoms with E-state index in [4.69, 9.17) is 0 Å². The third kappa shape index (κ3) is 4.42. The fraction of sp³-hybridized carbons (Fsp3) is 0.667. The van der Waals surface area contributed by atoms with Gasteiger partial charge in [-0.25, -0.2) is 4.98 Å². The Labute approximate surface area is 118 Å². The molecule has 1 heterocycles. The number of hydrogen-bond acceptors (Lipinski definition) is 5. The van der Waals surface area contributed by atoms with Crippen molar-refractivity contribution in [2.75, 3.05) is 51.0 Å². The lowest BCUT2D eigenvalue weighted by atomic mass is 10.3. The Morgan fingerprint density at radius 3 is 2.61 bits per heavy atom. The lowest BCUT2D eigenvalue weighted by Crippen LogP contribution is -2.28. The zero-order valence-electron chi connectivity index (χ0n) is 11.6. The predicted molar refractivity (Wildman–Crippen MR) is 80.3 cm³/mol. The second-order valence-electron chi connectivity index (χ2n) is 4.35. The number of anilines is 2. The molecule has 0 aromatic carbocycles. The van der Waals surface area contributed by atoms with Gasteiger partial charge in [-0.05, 0) is 49.9 Å². The topological polar surface area (TPSA) is 44.3 Å². The second-order valence-corrected chi connectivity index (χ2v) is 5.21. The van der Waals surface area contributed by atoms with Gasteiger partial charge in [0.05, 0.1) is 4.47 Å².